The van der Waals surface area contributed by atoms with E-state index < -0.39 is 0 Å². The van der Waals surface area contributed by atoms with Gasteiger partial charge in [0.1, 0.15) is 11.5 Å². The summed E-state index contributed by atoms with van der Waals surface area (Å²) in [6.45, 7) is 3.54. The Bertz CT molecular complexity index is 1160. The molecular formula is C28H31N3O4. The second-order valence-corrected chi connectivity index (χ2v) is 8.64. The van der Waals surface area contributed by atoms with Crippen molar-refractivity contribution in [3.05, 3.63) is 89.2 Å². The van der Waals surface area contributed by atoms with Gasteiger partial charge in [-0.1, -0.05) is 36.4 Å². The normalized spacial score (nSPS) is 13.8. The van der Waals surface area contributed by atoms with Crippen LogP contribution in [0.15, 0.2) is 66.7 Å². The number of hydrogen-bond acceptors (Lipinski definition) is 5. The monoisotopic (exact) mass is 473 g/mol. The number of likely N-dealkylation sites (tertiary alicyclic amines) is 1. The van der Waals surface area contributed by atoms with Crippen LogP contribution in [0.2, 0.25) is 0 Å². The van der Waals surface area contributed by atoms with E-state index in [2.05, 4.69) is 5.32 Å². The molecule has 182 valence electrons. The number of methoxy groups -OCH3 is 1. The number of carbonyl (C=O) groups excluding carboxylic acids is 2. The Balaban J connectivity index is 1.37. The van der Waals surface area contributed by atoms with Crippen LogP contribution in [0, 0.1) is 6.92 Å². The van der Waals surface area contributed by atoms with E-state index in [0.717, 1.165) is 35.5 Å². The van der Waals surface area contributed by atoms with E-state index in [1.807, 2.05) is 78.6 Å². The third kappa shape index (κ3) is 6.18. The summed E-state index contributed by atoms with van der Waals surface area (Å²) in [5, 5.41) is 3.01. The second kappa shape index (κ2) is 11.5. The molecule has 2 amide bonds. The highest BCUT2D eigenvalue weighted by molar-refractivity contribution is 5.95. The third-order valence-electron chi connectivity index (χ3n) is 6.28. The highest BCUT2D eigenvalue weighted by Gasteiger charge is 2.28. The number of nitrogens with one attached hydrogen (secondary N) is 1. The standard InChI is InChI=1S/C28H31N3O4/c1-20-12-13-24(28(33)29-18-22-8-6-7-11-25(22)34-2)27(30-20)21-14-16-31(17-15-21)26(32)19-35-23-9-4-3-5-10-23/h3-13,21H,14-19H2,1-2H3,(H,29,33). The van der Waals surface area contributed by atoms with Gasteiger partial charge in [-0.15, -0.1) is 0 Å². The average Bonchev–Trinajstić information content (AvgIpc) is 2.91. The molecule has 7 nitrogen and oxygen atoms in total. The first-order chi connectivity index (χ1) is 17.0. The second-order valence-electron chi connectivity index (χ2n) is 8.64. The van der Waals surface area contributed by atoms with Crippen molar-refractivity contribution in [3.8, 4) is 11.5 Å². The van der Waals surface area contributed by atoms with Gasteiger partial charge < -0.3 is 19.7 Å². The molecular weight excluding hydrogens is 442 g/mol. The van der Waals surface area contributed by atoms with Gasteiger partial charge in [0.15, 0.2) is 6.61 Å². The smallest absolute Gasteiger partial charge is 0.260 e. The van der Waals surface area contributed by atoms with Crippen molar-refractivity contribution in [2.24, 2.45) is 0 Å². The van der Waals surface area contributed by atoms with Crippen LogP contribution in [0.4, 0.5) is 0 Å². The zero-order chi connectivity index (χ0) is 24.6. The lowest BCUT2D eigenvalue weighted by atomic mass is 9.89. The number of aromatic nitrogens is 1. The Kier molecular flexibility index (Phi) is 7.98. The summed E-state index contributed by atoms with van der Waals surface area (Å²) in [7, 11) is 1.62. The van der Waals surface area contributed by atoms with Crippen LogP contribution < -0.4 is 14.8 Å². The van der Waals surface area contributed by atoms with E-state index in [1.54, 1.807) is 7.11 Å². The van der Waals surface area contributed by atoms with Gasteiger partial charge in [0.25, 0.3) is 11.8 Å². The van der Waals surface area contributed by atoms with E-state index in [4.69, 9.17) is 14.5 Å². The molecule has 2 heterocycles. The average molecular weight is 474 g/mol. The van der Waals surface area contributed by atoms with Crippen molar-refractivity contribution in [1.29, 1.82) is 0 Å². The topological polar surface area (TPSA) is 80.8 Å². The number of amides is 2. The van der Waals surface area contributed by atoms with Gasteiger partial charge in [-0.2, -0.15) is 0 Å². The molecule has 7 heteroatoms. The first kappa shape index (κ1) is 24.3. The first-order valence-electron chi connectivity index (χ1n) is 11.9. The number of rotatable bonds is 8. The minimum Gasteiger partial charge on any atom is -0.496 e. The molecule has 1 N–H and O–H groups in total. The lowest BCUT2D eigenvalue weighted by Crippen LogP contribution is -2.41. The van der Waals surface area contributed by atoms with Crippen LogP contribution in [-0.4, -0.2) is 48.5 Å². The summed E-state index contributed by atoms with van der Waals surface area (Å²) < 4.78 is 11.0. The van der Waals surface area contributed by atoms with Crippen molar-refractivity contribution >= 4 is 11.8 Å². The Labute approximate surface area is 206 Å². The minimum absolute atomic E-state index is 0.0218. The number of aryl methyl sites for hydroxylation is 1. The van der Waals surface area contributed by atoms with Crippen molar-refractivity contribution in [3.63, 3.8) is 0 Å². The van der Waals surface area contributed by atoms with Gasteiger partial charge in [0, 0.05) is 36.8 Å². The van der Waals surface area contributed by atoms with Gasteiger partial charge in [-0.25, -0.2) is 0 Å². The largest absolute Gasteiger partial charge is 0.496 e. The fourth-order valence-electron chi connectivity index (χ4n) is 4.36. The Hall–Kier alpha value is -3.87. The number of ether oxygens (including phenoxy) is 2. The Morgan fingerprint density at radius 2 is 1.71 bits per heavy atom. The lowest BCUT2D eigenvalue weighted by molar-refractivity contribution is -0.134. The third-order valence-corrected chi connectivity index (χ3v) is 6.28. The molecule has 3 aromatic rings. The molecule has 0 radical (unpaired) electrons. The van der Waals surface area contributed by atoms with E-state index in [0.29, 0.717) is 30.9 Å². The van der Waals surface area contributed by atoms with E-state index in [1.165, 1.54) is 0 Å². The minimum atomic E-state index is -0.159. The summed E-state index contributed by atoms with van der Waals surface area (Å²) in [4.78, 5) is 32.3. The maximum Gasteiger partial charge on any atom is 0.260 e. The molecule has 1 saturated heterocycles. The fraction of sp³-hybridized carbons (Fsp3) is 0.321. The molecule has 0 unspecified atom stereocenters. The lowest BCUT2D eigenvalue weighted by Gasteiger charge is -2.32. The number of carbonyl (C=O) groups is 2. The molecule has 1 aromatic heterocycles. The van der Waals surface area contributed by atoms with Crippen molar-refractivity contribution < 1.29 is 19.1 Å². The molecule has 0 aliphatic carbocycles. The fourth-order valence-corrected chi connectivity index (χ4v) is 4.36. The molecule has 0 bridgehead atoms. The Morgan fingerprint density at radius 1 is 1.00 bits per heavy atom. The summed E-state index contributed by atoms with van der Waals surface area (Å²) >= 11 is 0. The van der Waals surface area contributed by atoms with Crippen molar-refractivity contribution in [2.75, 3.05) is 26.8 Å². The number of para-hydroxylation sites is 2. The zero-order valence-electron chi connectivity index (χ0n) is 20.2. The highest BCUT2D eigenvalue weighted by Crippen LogP contribution is 2.30. The molecule has 1 fully saturated rings. The van der Waals surface area contributed by atoms with E-state index >= 15 is 0 Å². The molecule has 35 heavy (non-hydrogen) atoms. The van der Waals surface area contributed by atoms with E-state index in [9.17, 15) is 9.59 Å². The molecule has 4 rings (SSSR count). The van der Waals surface area contributed by atoms with Crippen LogP contribution in [0.5, 0.6) is 11.5 Å². The van der Waals surface area contributed by atoms with Gasteiger partial charge in [0.05, 0.1) is 18.4 Å². The Morgan fingerprint density at radius 3 is 2.46 bits per heavy atom. The number of piperidine rings is 1. The number of pyridine rings is 1. The van der Waals surface area contributed by atoms with Crippen molar-refractivity contribution in [2.45, 2.75) is 32.2 Å². The molecule has 2 aromatic carbocycles. The molecule has 1 aliphatic rings. The summed E-state index contributed by atoms with van der Waals surface area (Å²) in [5.41, 5.74) is 3.17. The van der Waals surface area contributed by atoms with Gasteiger partial charge >= 0.3 is 0 Å². The first-order valence-corrected chi connectivity index (χ1v) is 11.9. The molecule has 1 aliphatic heterocycles. The maximum atomic E-state index is 13.1. The maximum absolute atomic E-state index is 13.1. The van der Waals surface area contributed by atoms with Gasteiger partial charge in [-0.3, -0.25) is 14.6 Å². The predicted octanol–water partition coefficient (Wildman–Crippen LogP) is 4.11. The molecule has 0 spiro atoms. The van der Waals surface area contributed by atoms with Crippen LogP contribution in [0.1, 0.15) is 46.1 Å². The number of nitrogens with zero attached hydrogens (tertiary/aromatic N) is 2. The highest BCUT2D eigenvalue weighted by atomic mass is 16.5. The van der Waals surface area contributed by atoms with E-state index in [-0.39, 0.29) is 24.3 Å². The summed E-state index contributed by atoms with van der Waals surface area (Å²) in [6.07, 6.45) is 1.50. The summed E-state index contributed by atoms with van der Waals surface area (Å²) in [6, 6.07) is 20.7. The van der Waals surface area contributed by atoms with Gasteiger partial charge in [0.2, 0.25) is 0 Å². The molecule has 0 saturated carbocycles. The van der Waals surface area contributed by atoms with Crippen LogP contribution in [-0.2, 0) is 11.3 Å². The quantitative estimate of drug-likeness (QED) is 0.533. The van der Waals surface area contributed by atoms with Crippen molar-refractivity contribution in [1.82, 2.24) is 15.2 Å². The molecule has 0 atom stereocenters. The number of hydrogen-bond donors (Lipinski definition) is 1. The van der Waals surface area contributed by atoms with Crippen LogP contribution in [0.3, 0.4) is 0 Å². The zero-order valence-corrected chi connectivity index (χ0v) is 20.2. The summed E-state index contributed by atoms with van der Waals surface area (Å²) in [5.74, 6) is 1.35. The number of benzene rings is 2. The van der Waals surface area contributed by atoms with Crippen LogP contribution in [0.25, 0.3) is 0 Å². The SMILES string of the molecule is COc1ccccc1CNC(=O)c1ccc(C)nc1C1CCN(C(=O)COc2ccccc2)CC1. The van der Waals surface area contributed by atoms with Crippen LogP contribution >= 0.6 is 0 Å². The predicted molar refractivity (Wildman–Crippen MR) is 134 cm³/mol. The van der Waals surface area contributed by atoms with Gasteiger partial charge in [-0.05, 0) is 50.1 Å².